The van der Waals surface area contributed by atoms with Crippen molar-refractivity contribution >= 4 is 5.91 Å². The molecular weight excluding hydrogens is 334 g/mol. The van der Waals surface area contributed by atoms with E-state index in [-0.39, 0.29) is 17.9 Å². The van der Waals surface area contributed by atoms with Crippen LogP contribution in [0.4, 0.5) is 0 Å². The van der Waals surface area contributed by atoms with Crippen molar-refractivity contribution in [3.63, 3.8) is 0 Å². The quantitative estimate of drug-likeness (QED) is 0.724. The van der Waals surface area contributed by atoms with E-state index in [2.05, 4.69) is 41.2 Å². The summed E-state index contributed by atoms with van der Waals surface area (Å²) in [6.45, 7) is 4.87. The Bertz CT molecular complexity index is 914. The van der Waals surface area contributed by atoms with Crippen LogP contribution >= 0.6 is 0 Å². The molecule has 1 aliphatic rings. The number of rotatable bonds is 4. The second-order valence-corrected chi connectivity index (χ2v) is 7.37. The van der Waals surface area contributed by atoms with E-state index in [0.717, 1.165) is 42.0 Å². The number of imidazole rings is 1. The number of amides is 1. The smallest absolute Gasteiger partial charge is 0.230 e. The van der Waals surface area contributed by atoms with Gasteiger partial charge in [-0.3, -0.25) is 4.79 Å². The molecule has 27 heavy (non-hydrogen) atoms. The highest BCUT2D eigenvalue weighted by Gasteiger charge is 2.34. The molecule has 1 fully saturated rings. The number of carbonyl (C=O) groups is 1. The molecule has 0 aliphatic carbocycles. The maximum atomic E-state index is 13.1. The van der Waals surface area contributed by atoms with Crippen molar-refractivity contribution in [2.24, 2.45) is 0 Å². The molecule has 1 saturated heterocycles. The van der Waals surface area contributed by atoms with Gasteiger partial charge in [-0.05, 0) is 37.8 Å². The average Bonchev–Trinajstić information content (AvgIpc) is 3.37. The lowest BCUT2D eigenvalue weighted by atomic mass is 9.99. The Morgan fingerprint density at radius 2 is 1.89 bits per heavy atom. The Morgan fingerprint density at radius 3 is 2.63 bits per heavy atom. The van der Waals surface area contributed by atoms with Crippen LogP contribution in [-0.2, 0) is 4.79 Å². The van der Waals surface area contributed by atoms with Crippen molar-refractivity contribution in [2.75, 3.05) is 6.54 Å². The molecule has 138 valence electrons. The van der Waals surface area contributed by atoms with E-state index in [0.29, 0.717) is 0 Å². The number of aromatic nitrogens is 2. The van der Waals surface area contributed by atoms with Gasteiger partial charge < -0.3 is 9.88 Å². The second-order valence-electron chi connectivity index (χ2n) is 7.37. The molecular formula is C23H25N3O. The van der Waals surface area contributed by atoms with Crippen LogP contribution in [-0.4, -0.2) is 27.3 Å². The minimum Gasteiger partial charge on any atom is -0.340 e. The second kappa shape index (κ2) is 7.39. The minimum absolute atomic E-state index is 0.0304. The number of aryl methyl sites for hydroxylation is 1. The number of likely N-dealkylation sites (tertiary alicyclic amines) is 1. The molecule has 3 aromatic rings. The van der Waals surface area contributed by atoms with Crippen molar-refractivity contribution in [3.05, 3.63) is 77.7 Å². The highest BCUT2D eigenvalue weighted by Crippen LogP contribution is 2.34. The molecule has 1 amide bonds. The third kappa shape index (κ3) is 3.52. The molecule has 1 N–H and O–H groups in total. The molecule has 0 bridgehead atoms. The van der Waals surface area contributed by atoms with Crippen LogP contribution in [0.1, 0.15) is 48.7 Å². The maximum absolute atomic E-state index is 13.1. The first-order valence-electron chi connectivity index (χ1n) is 9.61. The summed E-state index contributed by atoms with van der Waals surface area (Å²) in [5.41, 5.74) is 4.42. The summed E-state index contributed by atoms with van der Waals surface area (Å²) in [5.74, 6) is 0.923. The maximum Gasteiger partial charge on any atom is 0.230 e. The van der Waals surface area contributed by atoms with Crippen LogP contribution in [0.15, 0.2) is 60.8 Å². The van der Waals surface area contributed by atoms with Gasteiger partial charge in [0.1, 0.15) is 5.82 Å². The monoisotopic (exact) mass is 359 g/mol. The van der Waals surface area contributed by atoms with Gasteiger partial charge in [0.15, 0.2) is 0 Å². The molecule has 4 nitrogen and oxygen atoms in total. The molecule has 0 unspecified atom stereocenters. The topological polar surface area (TPSA) is 49.0 Å². The lowest BCUT2D eigenvalue weighted by Gasteiger charge is -2.26. The first-order chi connectivity index (χ1) is 13.1. The zero-order valence-corrected chi connectivity index (χ0v) is 15.9. The molecule has 4 heteroatoms. The van der Waals surface area contributed by atoms with E-state index in [9.17, 15) is 4.79 Å². The van der Waals surface area contributed by atoms with Gasteiger partial charge in [0.05, 0.1) is 23.9 Å². The molecule has 0 saturated carbocycles. The van der Waals surface area contributed by atoms with Crippen molar-refractivity contribution in [1.29, 1.82) is 0 Å². The van der Waals surface area contributed by atoms with Gasteiger partial charge >= 0.3 is 0 Å². The standard InChI is InChI=1S/C23H25N3O/c1-16-10-12-19(13-11-16)20-15-24-22(25-20)21-9-6-14-26(21)23(27)17(2)18-7-4-3-5-8-18/h3-5,7-8,10-13,15,17,21H,6,9,14H2,1-2H3,(H,24,25)/t17-,21+/m1/s1. The Morgan fingerprint density at radius 1 is 1.15 bits per heavy atom. The Labute approximate surface area is 160 Å². The zero-order valence-electron chi connectivity index (χ0n) is 15.9. The predicted octanol–water partition coefficient (Wildman–Crippen LogP) is 4.85. The molecule has 4 rings (SSSR count). The molecule has 2 aromatic carbocycles. The highest BCUT2D eigenvalue weighted by atomic mass is 16.2. The Kier molecular flexibility index (Phi) is 4.80. The van der Waals surface area contributed by atoms with Crippen molar-refractivity contribution in [3.8, 4) is 11.3 Å². The molecule has 2 atom stereocenters. The normalized spacial score (nSPS) is 17.9. The fraction of sp³-hybridized carbons (Fsp3) is 0.304. The summed E-state index contributed by atoms with van der Waals surface area (Å²) in [6, 6.07) is 18.4. The third-order valence-electron chi connectivity index (χ3n) is 5.48. The number of nitrogens with one attached hydrogen (secondary N) is 1. The Balaban J connectivity index is 1.55. The fourth-order valence-electron chi connectivity index (χ4n) is 3.83. The van der Waals surface area contributed by atoms with Crippen molar-refractivity contribution in [2.45, 2.75) is 38.6 Å². The van der Waals surface area contributed by atoms with Crippen molar-refractivity contribution in [1.82, 2.24) is 14.9 Å². The summed E-state index contributed by atoms with van der Waals surface area (Å²) in [5, 5.41) is 0. The van der Waals surface area contributed by atoms with Crippen LogP contribution in [0.2, 0.25) is 0 Å². The van der Waals surface area contributed by atoms with Crippen LogP contribution < -0.4 is 0 Å². The molecule has 1 aliphatic heterocycles. The van der Waals surface area contributed by atoms with Crippen molar-refractivity contribution < 1.29 is 4.79 Å². The molecule has 1 aromatic heterocycles. The van der Waals surface area contributed by atoms with Crippen LogP contribution in [0.25, 0.3) is 11.3 Å². The third-order valence-corrected chi connectivity index (χ3v) is 5.48. The lowest BCUT2D eigenvalue weighted by molar-refractivity contribution is -0.133. The van der Waals surface area contributed by atoms with Gasteiger partial charge in [-0.25, -0.2) is 4.98 Å². The number of hydrogen-bond acceptors (Lipinski definition) is 2. The number of benzene rings is 2. The van der Waals surface area contributed by atoms with Gasteiger partial charge in [0.2, 0.25) is 5.91 Å². The number of aromatic amines is 1. The van der Waals surface area contributed by atoms with Crippen LogP contribution in [0.3, 0.4) is 0 Å². The van der Waals surface area contributed by atoms with E-state index >= 15 is 0 Å². The largest absolute Gasteiger partial charge is 0.340 e. The van der Waals surface area contributed by atoms with E-state index < -0.39 is 0 Å². The van der Waals surface area contributed by atoms with Gasteiger partial charge in [-0.15, -0.1) is 0 Å². The van der Waals surface area contributed by atoms with Gasteiger partial charge in [-0.2, -0.15) is 0 Å². The van der Waals surface area contributed by atoms with E-state index in [4.69, 9.17) is 0 Å². The number of H-pyrrole nitrogens is 1. The summed E-state index contributed by atoms with van der Waals surface area (Å²) < 4.78 is 0. The molecule has 0 spiro atoms. The molecule has 0 radical (unpaired) electrons. The lowest BCUT2D eigenvalue weighted by Crippen LogP contribution is -2.34. The Hall–Kier alpha value is -2.88. The highest BCUT2D eigenvalue weighted by molar-refractivity contribution is 5.84. The summed E-state index contributed by atoms with van der Waals surface area (Å²) in [4.78, 5) is 23.2. The minimum atomic E-state index is -0.140. The van der Waals surface area contributed by atoms with E-state index in [1.807, 2.05) is 48.4 Å². The number of carbonyl (C=O) groups excluding carboxylic acids is 1. The van der Waals surface area contributed by atoms with E-state index in [1.54, 1.807) is 0 Å². The van der Waals surface area contributed by atoms with E-state index in [1.165, 1.54) is 5.56 Å². The van der Waals surface area contributed by atoms with Gasteiger partial charge in [-0.1, -0.05) is 60.2 Å². The van der Waals surface area contributed by atoms with Gasteiger partial charge in [0.25, 0.3) is 0 Å². The van der Waals surface area contributed by atoms with Gasteiger partial charge in [0, 0.05) is 6.54 Å². The SMILES string of the molecule is Cc1ccc(-c2cnc([C@@H]3CCCN3C(=O)[C@H](C)c3ccccc3)[nH]2)cc1. The fourth-order valence-corrected chi connectivity index (χ4v) is 3.83. The van der Waals surface area contributed by atoms with Crippen LogP contribution in [0.5, 0.6) is 0 Å². The first-order valence-corrected chi connectivity index (χ1v) is 9.61. The first kappa shape index (κ1) is 17.5. The predicted molar refractivity (Wildman–Crippen MR) is 107 cm³/mol. The van der Waals surface area contributed by atoms with Crippen LogP contribution in [0, 0.1) is 6.92 Å². The average molecular weight is 359 g/mol. The summed E-state index contributed by atoms with van der Waals surface area (Å²) >= 11 is 0. The summed E-state index contributed by atoms with van der Waals surface area (Å²) in [7, 11) is 0. The zero-order chi connectivity index (χ0) is 18.8. The summed E-state index contributed by atoms with van der Waals surface area (Å²) in [6.07, 6.45) is 3.84. The molecule has 2 heterocycles. The number of nitrogens with zero attached hydrogens (tertiary/aromatic N) is 2. The number of hydrogen-bond donors (Lipinski definition) is 1.